The number of carbonyl (C=O) groups excluding carboxylic acids is 6. The zero-order chi connectivity index (χ0) is 62.3. The first-order valence-corrected chi connectivity index (χ1v) is 30.8. The number of ether oxygens (including phenoxy) is 5. The summed E-state index contributed by atoms with van der Waals surface area (Å²) in [6, 6.07) is 17.6. The lowest BCUT2D eigenvalue weighted by atomic mass is 9.51. The van der Waals surface area contributed by atoms with E-state index in [1.54, 1.807) is 23.9 Å². The van der Waals surface area contributed by atoms with Gasteiger partial charge in [-0.2, -0.15) is 0 Å². The predicted molar refractivity (Wildman–Crippen MR) is 332 cm³/mol. The van der Waals surface area contributed by atoms with Gasteiger partial charge in [-0.3, -0.25) is 19.2 Å². The number of nitrogens with one attached hydrogen (secondary N) is 5. The van der Waals surface area contributed by atoms with Crippen molar-refractivity contribution >= 4 is 52.9 Å². The second kappa shape index (κ2) is 33.2. The Kier molecular flexibility index (Phi) is 26.3. The van der Waals surface area contributed by atoms with E-state index >= 15 is 0 Å². The maximum absolute atomic E-state index is 14.3. The minimum atomic E-state index is -0.893. The number of nitrogen functional groups attached to an aromatic ring is 1. The van der Waals surface area contributed by atoms with Crippen LogP contribution in [-0.2, 0) is 48.3 Å². The molecular formula is C64H95N11O11. The fraction of sp³-hybridized carbons (Fsp3) is 0.625. The Morgan fingerprint density at radius 2 is 1.08 bits per heavy atom. The second-order valence-electron chi connectivity index (χ2n) is 24.7. The van der Waals surface area contributed by atoms with Crippen LogP contribution in [0.15, 0.2) is 59.7 Å². The van der Waals surface area contributed by atoms with Crippen LogP contribution in [0.5, 0.6) is 0 Å². The van der Waals surface area contributed by atoms with Gasteiger partial charge in [0.1, 0.15) is 11.2 Å². The fourth-order valence-corrected chi connectivity index (χ4v) is 11.4. The summed E-state index contributed by atoms with van der Waals surface area (Å²) >= 11 is 0. The average Bonchev–Trinajstić information content (AvgIpc) is 0.721. The summed E-state index contributed by atoms with van der Waals surface area (Å²) in [6.45, 7) is 15.3. The summed E-state index contributed by atoms with van der Waals surface area (Å²) in [5, 5.41) is 18.8. The molecule has 3 aliphatic carbocycles. The molecule has 1 unspecified atom stereocenters. The highest BCUT2D eigenvalue weighted by Crippen LogP contribution is 2.62. The largest absolute Gasteiger partial charge is 0.444 e. The van der Waals surface area contributed by atoms with Crippen LogP contribution in [0, 0.1) is 0 Å². The van der Waals surface area contributed by atoms with Crippen LogP contribution < -0.4 is 32.3 Å². The number of nitrogens with zero attached hydrogens (tertiary/aromatic N) is 5. The van der Waals surface area contributed by atoms with Crippen molar-refractivity contribution in [2.75, 3.05) is 103 Å². The Bertz CT molecular complexity index is 2700. The van der Waals surface area contributed by atoms with Crippen LogP contribution in [0.4, 0.5) is 26.7 Å². The van der Waals surface area contributed by atoms with Gasteiger partial charge in [0.25, 0.3) is 0 Å². The molecule has 3 aromatic carbocycles. The quantitative estimate of drug-likeness (QED) is 0.0105. The number of azide groups is 1. The molecule has 0 saturated carbocycles. The number of carbonyl (C=O) groups is 6. The molecule has 3 aromatic rings. The lowest BCUT2D eigenvalue weighted by Gasteiger charge is -2.51. The number of hydrogen-bond acceptors (Lipinski definition) is 14. The van der Waals surface area contributed by atoms with E-state index in [2.05, 4.69) is 66.9 Å². The van der Waals surface area contributed by atoms with Gasteiger partial charge in [-0.25, -0.2) is 9.59 Å². The highest BCUT2D eigenvalue weighted by Gasteiger charge is 2.52. The van der Waals surface area contributed by atoms with Crippen LogP contribution in [-0.4, -0.2) is 155 Å². The SMILES string of the molecule is CN(CCOCCOCCOCCN(C)C(=O)[C@@H]1CC(N=[N+]=[N-])CN1)C(=O)CCC12c3cc(N)ccc3C(c3ccc(NC(=O)CCCCCCCNC(=O)OC(C)(C)C)cc31)c1ccc(NC(=O)CCCCCCCNC(=O)OC(C)(C)C)cc12. The summed E-state index contributed by atoms with van der Waals surface area (Å²) in [4.78, 5) is 84.3. The topological polar surface area (TPSA) is 290 Å². The smallest absolute Gasteiger partial charge is 0.407 e. The average molecular weight is 1190 g/mol. The van der Waals surface area contributed by atoms with Crippen LogP contribution in [0.2, 0.25) is 0 Å². The maximum atomic E-state index is 14.3. The summed E-state index contributed by atoms with van der Waals surface area (Å²) in [5.74, 6) is -0.492. The molecule has 1 heterocycles. The van der Waals surface area contributed by atoms with Crippen molar-refractivity contribution in [3.63, 3.8) is 0 Å². The third-order valence-corrected chi connectivity index (χ3v) is 15.6. The van der Waals surface area contributed by atoms with Crippen LogP contribution in [0.1, 0.15) is 177 Å². The third kappa shape index (κ3) is 20.9. The van der Waals surface area contributed by atoms with Crippen molar-refractivity contribution in [3.05, 3.63) is 98.4 Å². The van der Waals surface area contributed by atoms with E-state index in [0.717, 1.165) is 84.7 Å². The number of hydrogen-bond donors (Lipinski definition) is 6. The minimum absolute atomic E-state index is 0.0665. The fourth-order valence-electron chi connectivity index (χ4n) is 11.4. The lowest BCUT2D eigenvalue weighted by molar-refractivity contribution is -0.132. The Morgan fingerprint density at radius 3 is 1.58 bits per heavy atom. The molecule has 2 atom stereocenters. The Labute approximate surface area is 508 Å². The molecule has 22 heteroatoms. The number of likely N-dealkylation sites (N-methyl/N-ethyl adjacent to an activating group) is 2. The molecule has 0 aromatic heterocycles. The Hall–Kier alpha value is -6.97. The van der Waals surface area contributed by atoms with E-state index < -0.39 is 28.8 Å². The molecule has 2 bridgehead atoms. The van der Waals surface area contributed by atoms with Crippen LogP contribution in [0.25, 0.3) is 10.4 Å². The third-order valence-electron chi connectivity index (χ3n) is 15.6. The summed E-state index contributed by atoms with van der Waals surface area (Å²) in [5.41, 5.74) is 21.4. The molecule has 6 amide bonds. The van der Waals surface area contributed by atoms with Gasteiger partial charge in [0.2, 0.25) is 23.6 Å². The van der Waals surface area contributed by atoms with Crippen molar-refractivity contribution in [1.82, 2.24) is 25.8 Å². The molecule has 1 fully saturated rings. The van der Waals surface area contributed by atoms with E-state index in [1.807, 2.05) is 65.8 Å². The van der Waals surface area contributed by atoms with E-state index in [0.29, 0.717) is 128 Å². The van der Waals surface area contributed by atoms with Crippen molar-refractivity contribution in [3.8, 4) is 0 Å². The van der Waals surface area contributed by atoms with Crippen LogP contribution in [0.3, 0.4) is 0 Å². The highest BCUT2D eigenvalue weighted by molar-refractivity contribution is 5.93. The number of nitrogens with two attached hydrogens (primary N) is 1. The molecule has 1 aliphatic heterocycles. The van der Waals surface area contributed by atoms with Crippen molar-refractivity contribution in [2.24, 2.45) is 5.11 Å². The predicted octanol–water partition coefficient (Wildman–Crippen LogP) is 9.81. The van der Waals surface area contributed by atoms with Crippen molar-refractivity contribution in [1.29, 1.82) is 0 Å². The van der Waals surface area contributed by atoms with E-state index in [4.69, 9.17) is 34.9 Å². The van der Waals surface area contributed by atoms with Gasteiger partial charge in [0.15, 0.2) is 0 Å². The first kappa shape index (κ1) is 68.1. The zero-order valence-electron chi connectivity index (χ0n) is 52.1. The summed E-state index contributed by atoms with van der Waals surface area (Å²) in [6.07, 6.45) is 9.35. The standard InChI is InChI=1S/C64H95N11O11/c1-62(2,3)85-60(80)67-29-17-13-9-11-15-19-55(76)70-45-22-25-49-52(40-45)64(28-27-57(78)74(7)31-33-82-35-37-84-38-36-83-34-32-75(8)59(79)54-42-47(43-69-54)72-73-66)51-39-44(65)21-24-48(51)58(49)50-26-23-46(41-53(50)64)71-56(77)20-16-12-10-14-18-30-68-61(81)86-63(4,5)6/h21-26,39-41,47,54,58,69H,9-20,27-38,42-43,65H2,1-8H3,(H,67,80)(H,68,81)(H,70,76)(H,71,77)/t47?,54-,58?,64?/m0/s1. The zero-order valence-corrected chi connectivity index (χ0v) is 52.1. The van der Waals surface area contributed by atoms with Crippen molar-refractivity contribution < 1.29 is 52.5 Å². The van der Waals surface area contributed by atoms with Crippen LogP contribution >= 0.6 is 0 Å². The molecule has 472 valence electrons. The normalized spacial score (nSPS) is 17.3. The molecule has 0 radical (unpaired) electrons. The second-order valence-corrected chi connectivity index (χ2v) is 24.7. The Morgan fingerprint density at radius 1 is 0.628 bits per heavy atom. The summed E-state index contributed by atoms with van der Waals surface area (Å²) in [7, 11) is 3.49. The van der Waals surface area contributed by atoms with Gasteiger partial charge < -0.3 is 65.8 Å². The van der Waals surface area contributed by atoms with Gasteiger partial charge in [-0.1, -0.05) is 61.8 Å². The molecule has 4 aliphatic rings. The number of amides is 6. The molecule has 22 nitrogen and oxygen atoms in total. The molecule has 7 rings (SSSR count). The molecule has 0 spiro atoms. The monoisotopic (exact) mass is 1190 g/mol. The molecule has 86 heavy (non-hydrogen) atoms. The summed E-state index contributed by atoms with van der Waals surface area (Å²) < 4.78 is 27.9. The van der Waals surface area contributed by atoms with Gasteiger partial charge in [-0.05, 0) is 155 Å². The first-order chi connectivity index (χ1) is 41.1. The van der Waals surface area contributed by atoms with Gasteiger partial charge >= 0.3 is 12.2 Å². The minimum Gasteiger partial charge on any atom is -0.444 e. The molecular weight excluding hydrogens is 1100 g/mol. The van der Waals surface area contributed by atoms with E-state index in [-0.39, 0.29) is 48.1 Å². The number of benzene rings is 3. The van der Waals surface area contributed by atoms with E-state index in [9.17, 15) is 28.8 Å². The van der Waals surface area contributed by atoms with Gasteiger partial charge in [-0.15, -0.1) is 0 Å². The van der Waals surface area contributed by atoms with Crippen molar-refractivity contribution in [2.45, 2.75) is 172 Å². The number of unbranched alkanes of at least 4 members (excludes halogenated alkanes) is 8. The number of rotatable bonds is 35. The number of anilines is 3. The molecule has 7 N–H and O–H groups in total. The maximum Gasteiger partial charge on any atom is 0.407 e. The first-order valence-electron chi connectivity index (χ1n) is 30.8. The highest BCUT2D eigenvalue weighted by atomic mass is 16.6. The van der Waals surface area contributed by atoms with Gasteiger partial charge in [0, 0.05) is 99.4 Å². The van der Waals surface area contributed by atoms with Gasteiger partial charge in [0.05, 0.1) is 51.7 Å². The Balaban J connectivity index is 1.06. The van der Waals surface area contributed by atoms with E-state index in [1.165, 1.54) is 0 Å². The molecule has 1 saturated heterocycles. The lowest BCUT2D eigenvalue weighted by Crippen LogP contribution is -2.43. The number of alkyl carbamates (subject to hydrolysis) is 2.